The van der Waals surface area contributed by atoms with Crippen LogP contribution >= 0.6 is 0 Å². The molecular weight excluding hydrogens is 444 g/mol. The van der Waals surface area contributed by atoms with Crippen molar-refractivity contribution in [1.29, 1.82) is 0 Å². The highest BCUT2D eigenvalue weighted by atomic mass is 16.5. The minimum Gasteiger partial charge on any atom is -0.378 e. The van der Waals surface area contributed by atoms with Crippen LogP contribution in [0.5, 0.6) is 0 Å². The van der Waals surface area contributed by atoms with Gasteiger partial charge in [0, 0.05) is 55.6 Å². The number of rotatable bonds is 4. The Morgan fingerprint density at radius 1 is 1.09 bits per heavy atom. The second-order valence-corrected chi connectivity index (χ2v) is 8.95. The summed E-state index contributed by atoms with van der Waals surface area (Å²) in [5.41, 5.74) is 8.82. The van der Waals surface area contributed by atoms with Crippen LogP contribution in [0.4, 0.5) is 11.8 Å². The maximum absolute atomic E-state index is 12.4. The van der Waals surface area contributed by atoms with Gasteiger partial charge in [0.2, 0.25) is 11.7 Å². The van der Waals surface area contributed by atoms with Crippen molar-refractivity contribution < 1.29 is 14.3 Å². The number of pyridine rings is 1. The zero-order valence-electron chi connectivity index (χ0n) is 20.2. The number of likely N-dealkylation sites (tertiary alicyclic amines) is 1. The molecule has 2 aromatic rings. The number of nitrogens with two attached hydrogens (primary N) is 1. The van der Waals surface area contributed by atoms with Gasteiger partial charge in [-0.05, 0) is 44.9 Å². The van der Waals surface area contributed by atoms with Crippen LogP contribution in [-0.4, -0.2) is 70.9 Å². The molecule has 0 atom stereocenters. The van der Waals surface area contributed by atoms with E-state index >= 15 is 0 Å². The van der Waals surface area contributed by atoms with Crippen LogP contribution in [0.1, 0.15) is 32.3 Å². The van der Waals surface area contributed by atoms with Crippen molar-refractivity contribution in [2.75, 3.05) is 50.0 Å². The quantitative estimate of drug-likeness (QED) is 0.407. The first-order chi connectivity index (χ1) is 16.9. The number of ketones is 1. The number of hydrogen-bond donors (Lipinski definition) is 1. The molecule has 4 heterocycles. The molecule has 9 heteroatoms. The SMILES string of the molecule is CC(C)=CC(=O)C(=O)N1CCC(C#Cc2cc(-c3cnc(N)nc3)nc(N3CCOCC3)c2)CC1. The number of allylic oxidation sites excluding steroid dienone is 1. The van der Waals surface area contributed by atoms with E-state index in [4.69, 9.17) is 15.5 Å². The Morgan fingerprint density at radius 3 is 2.43 bits per heavy atom. The molecule has 2 N–H and O–H groups in total. The van der Waals surface area contributed by atoms with Crippen LogP contribution in [0.25, 0.3) is 11.3 Å². The summed E-state index contributed by atoms with van der Waals surface area (Å²) in [6.45, 7) is 7.52. The summed E-state index contributed by atoms with van der Waals surface area (Å²) < 4.78 is 5.48. The fourth-order valence-corrected chi connectivity index (χ4v) is 4.05. The molecule has 0 aromatic carbocycles. The number of anilines is 2. The Hall–Kier alpha value is -3.77. The Bertz CT molecular complexity index is 1160. The number of carbonyl (C=O) groups is 2. The third-order valence-corrected chi connectivity index (χ3v) is 5.95. The van der Waals surface area contributed by atoms with Crippen molar-refractivity contribution in [3.63, 3.8) is 0 Å². The molecule has 182 valence electrons. The number of nitrogens with zero attached hydrogens (tertiary/aromatic N) is 5. The van der Waals surface area contributed by atoms with E-state index < -0.39 is 11.7 Å². The molecule has 0 unspecified atom stereocenters. The van der Waals surface area contributed by atoms with E-state index in [0.29, 0.717) is 26.3 Å². The first-order valence-electron chi connectivity index (χ1n) is 11.8. The number of nitrogen functional groups attached to an aromatic ring is 1. The van der Waals surface area contributed by atoms with Gasteiger partial charge >= 0.3 is 0 Å². The fraction of sp³-hybridized carbons (Fsp3) is 0.423. The van der Waals surface area contributed by atoms with Crippen LogP contribution in [0, 0.1) is 17.8 Å². The molecule has 0 aliphatic carbocycles. The molecule has 0 spiro atoms. The van der Waals surface area contributed by atoms with Crippen LogP contribution in [0.15, 0.2) is 36.2 Å². The highest BCUT2D eigenvalue weighted by Gasteiger charge is 2.25. The van der Waals surface area contributed by atoms with Crippen molar-refractivity contribution in [3.05, 3.63) is 41.7 Å². The van der Waals surface area contributed by atoms with Gasteiger partial charge in [0.1, 0.15) is 5.82 Å². The number of carbonyl (C=O) groups excluding carboxylic acids is 2. The van der Waals surface area contributed by atoms with Gasteiger partial charge in [0.15, 0.2) is 0 Å². The molecule has 0 bridgehead atoms. The average Bonchev–Trinajstić information content (AvgIpc) is 2.87. The second-order valence-electron chi connectivity index (χ2n) is 8.95. The van der Waals surface area contributed by atoms with Gasteiger partial charge in [-0.25, -0.2) is 15.0 Å². The zero-order valence-corrected chi connectivity index (χ0v) is 20.2. The van der Waals surface area contributed by atoms with Gasteiger partial charge in [0.25, 0.3) is 5.91 Å². The second kappa shape index (κ2) is 11.1. The number of hydrogen-bond acceptors (Lipinski definition) is 8. The number of aromatic nitrogens is 3. The van der Waals surface area contributed by atoms with Gasteiger partial charge < -0.3 is 20.3 Å². The number of morpholine rings is 1. The van der Waals surface area contributed by atoms with E-state index in [2.05, 4.69) is 26.7 Å². The first kappa shape index (κ1) is 24.4. The minimum absolute atomic E-state index is 0.154. The largest absolute Gasteiger partial charge is 0.378 e. The van der Waals surface area contributed by atoms with E-state index in [1.807, 2.05) is 26.0 Å². The third kappa shape index (κ3) is 6.43. The zero-order chi connectivity index (χ0) is 24.8. The Balaban J connectivity index is 1.50. The highest BCUT2D eigenvalue weighted by molar-refractivity contribution is 6.40. The summed E-state index contributed by atoms with van der Waals surface area (Å²) in [4.78, 5) is 41.2. The van der Waals surface area contributed by atoms with Crippen LogP contribution < -0.4 is 10.6 Å². The summed E-state index contributed by atoms with van der Waals surface area (Å²) >= 11 is 0. The summed E-state index contributed by atoms with van der Waals surface area (Å²) in [6, 6.07) is 3.93. The first-order valence-corrected chi connectivity index (χ1v) is 11.8. The summed E-state index contributed by atoms with van der Waals surface area (Å²) in [6.07, 6.45) is 6.19. The van der Waals surface area contributed by atoms with Crippen molar-refractivity contribution in [1.82, 2.24) is 19.9 Å². The van der Waals surface area contributed by atoms with Crippen LogP contribution in [-0.2, 0) is 14.3 Å². The van der Waals surface area contributed by atoms with E-state index in [-0.39, 0.29) is 11.9 Å². The Kier molecular flexibility index (Phi) is 7.73. The van der Waals surface area contributed by atoms with Gasteiger partial charge in [-0.1, -0.05) is 17.4 Å². The molecule has 2 aliphatic rings. The van der Waals surface area contributed by atoms with Crippen molar-refractivity contribution >= 4 is 23.5 Å². The summed E-state index contributed by atoms with van der Waals surface area (Å²) in [7, 11) is 0. The van der Waals surface area contributed by atoms with Gasteiger partial charge in [-0.15, -0.1) is 0 Å². The van der Waals surface area contributed by atoms with E-state index in [9.17, 15) is 9.59 Å². The lowest BCUT2D eigenvalue weighted by Crippen LogP contribution is -2.41. The van der Waals surface area contributed by atoms with Crippen molar-refractivity contribution in [3.8, 4) is 23.1 Å². The lowest BCUT2D eigenvalue weighted by Gasteiger charge is -2.29. The lowest BCUT2D eigenvalue weighted by atomic mass is 9.96. The number of ether oxygens (including phenoxy) is 1. The standard InChI is InChI=1S/C26H30N6O3/c1-18(2)13-23(33)25(34)32-7-5-19(6-8-32)3-4-20-14-22(21-16-28-26(27)29-17-21)30-24(15-20)31-9-11-35-12-10-31/h13-17,19H,5-12H2,1-2H3,(H2,27,28,29). The maximum Gasteiger partial charge on any atom is 0.294 e. The minimum atomic E-state index is -0.457. The Labute approximate surface area is 205 Å². The highest BCUT2D eigenvalue weighted by Crippen LogP contribution is 2.24. The summed E-state index contributed by atoms with van der Waals surface area (Å²) in [5, 5.41) is 0. The average molecular weight is 475 g/mol. The monoisotopic (exact) mass is 474 g/mol. The molecule has 35 heavy (non-hydrogen) atoms. The Morgan fingerprint density at radius 2 is 1.77 bits per heavy atom. The fourth-order valence-electron chi connectivity index (χ4n) is 4.05. The van der Waals surface area contributed by atoms with E-state index in [0.717, 1.165) is 54.1 Å². The molecule has 4 rings (SSSR count). The lowest BCUT2D eigenvalue weighted by molar-refractivity contribution is -0.143. The predicted molar refractivity (Wildman–Crippen MR) is 133 cm³/mol. The van der Waals surface area contributed by atoms with E-state index in [1.54, 1.807) is 17.3 Å². The molecule has 0 radical (unpaired) electrons. The topological polar surface area (TPSA) is 115 Å². The molecule has 9 nitrogen and oxygen atoms in total. The van der Waals surface area contributed by atoms with Gasteiger partial charge in [-0.2, -0.15) is 0 Å². The molecule has 2 fully saturated rings. The van der Waals surface area contributed by atoms with Crippen LogP contribution in [0.3, 0.4) is 0 Å². The predicted octanol–water partition coefficient (Wildman–Crippen LogP) is 2.08. The van der Waals surface area contributed by atoms with Gasteiger partial charge in [0.05, 0.1) is 18.9 Å². The molecule has 0 saturated carbocycles. The van der Waals surface area contributed by atoms with Gasteiger partial charge in [-0.3, -0.25) is 9.59 Å². The molecule has 1 amide bonds. The molecule has 2 aromatic heterocycles. The number of piperidine rings is 1. The maximum atomic E-state index is 12.4. The smallest absolute Gasteiger partial charge is 0.294 e. The number of amides is 1. The summed E-state index contributed by atoms with van der Waals surface area (Å²) in [5.74, 6) is 7.00. The van der Waals surface area contributed by atoms with Crippen LogP contribution in [0.2, 0.25) is 0 Å². The third-order valence-electron chi connectivity index (χ3n) is 5.95. The molecular formula is C26H30N6O3. The van der Waals surface area contributed by atoms with Crippen molar-refractivity contribution in [2.45, 2.75) is 26.7 Å². The normalized spacial score (nSPS) is 16.3. The molecule has 2 saturated heterocycles. The van der Waals surface area contributed by atoms with Crippen molar-refractivity contribution in [2.24, 2.45) is 5.92 Å². The van der Waals surface area contributed by atoms with E-state index in [1.165, 1.54) is 6.08 Å². The molecule has 2 aliphatic heterocycles.